The molecule has 2 fully saturated rings. The lowest BCUT2D eigenvalue weighted by atomic mass is 9.99. The zero-order valence-electron chi connectivity index (χ0n) is 16.5. The van der Waals surface area contributed by atoms with E-state index in [1.807, 2.05) is 18.3 Å². The van der Waals surface area contributed by atoms with Crippen LogP contribution in [-0.2, 0) is 16.1 Å². The maximum absolute atomic E-state index is 11.9. The van der Waals surface area contributed by atoms with Crippen molar-refractivity contribution in [2.24, 2.45) is 16.8 Å². The molecule has 1 aliphatic heterocycles. The number of aromatic nitrogens is 1. The van der Waals surface area contributed by atoms with E-state index in [1.54, 1.807) is 7.05 Å². The van der Waals surface area contributed by atoms with Crippen molar-refractivity contribution < 1.29 is 14.3 Å². The molecule has 2 atom stereocenters. The Morgan fingerprint density at radius 1 is 1.33 bits per heavy atom. The number of carbonyl (C=O) groups is 1. The molecule has 0 aromatic carbocycles. The van der Waals surface area contributed by atoms with E-state index in [0.717, 1.165) is 30.9 Å². The van der Waals surface area contributed by atoms with Crippen LogP contribution in [0.2, 0.25) is 0 Å². The van der Waals surface area contributed by atoms with Crippen molar-refractivity contribution in [3.63, 3.8) is 0 Å². The van der Waals surface area contributed by atoms with Crippen LogP contribution in [0.25, 0.3) is 0 Å². The first-order valence-corrected chi connectivity index (χ1v) is 9.75. The van der Waals surface area contributed by atoms with Gasteiger partial charge in [0.2, 0.25) is 5.88 Å². The van der Waals surface area contributed by atoms with Crippen LogP contribution >= 0.6 is 0 Å². The summed E-state index contributed by atoms with van der Waals surface area (Å²) in [4.78, 5) is 22.8. The Morgan fingerprint density at radius 3 is 2.74 bits per heavy atom. The summed E-state index contributed by atoms with van der Waals surface area (Å²) in [5, 5.41) is 3.36. The second-order valence-electron chi connectivity index (χ2n) is 7.44. The van der Waals surface area contributed by atoms with Gasteiger partial charge in [-0.3, -0.25) is 9.79 Å². The van der Waals surface area contributed by atoms with Gasteiger partial charge in [-0.15, -0.1) is 0 Å². The third-order valence-electron chi connectivity index (χ3n) is 5.47. The zero-order chi connectivity index (χ0) is 19.2. The summed E-state index contributed by atoms with van der Waals surface area (Å²) < 4.78 is 10.8. The van der Waals surface area contributed by atoms with Gasteiger partial charge in [0, 0.05) is 38.9 Å². The van der Waals surface area contributed by atoms with Gasteiger partial charge < -0.3 is 19.7 Å². The second-order valence-corrected chi connectivity index (χ2v) is 7.44. The highest BCUT2D eigenvalue weighted by atomic mass is 16.5. The highest BCUT2D eigenvalue weighted by Crippen LogP contribution is 2.24. The predicted molar refractivity (Wildman–Crippen MR) is 104 cm³/mol. The van der Waals surface area contributed by atoms with E-state index in [9.17, 15) is 4.79 Å². The van der Waals surface area contributed by atoms with E-state index >= 15 is 0 Å². The number of hydrogen-bond acceptors (Lipinski definition) is 5. The van der Waals surface area contributed by atoms with E-state index in [4.69, 9.17) is 9.47 Å². The molecule has 1 aliphatic carbocycles. The third-order valence-corrected chi connectivity index (χ3v) is 5.47. The zero-order valence-corrected chi connectivity index (χ0v) is 16.5. The first-order valence-electron chi connectivity index (χ1n) is 9.75. The molecule has 0 spiro atoms. The molecule has 1 aromatic heterocycles. The second kappa shape index (κ2) is 9.06. The molecule has 7 heteroatoms. The van der Waals surface area contributed by atoms with Gasteiger partial charge in [0.1, 0.15) is 6.10 Å². The Bertz CT molecular complexity index is 656. The Kier molecular flexibility index (Phi) is 6.53. The number of likely N-dealkylation sites (tertiary alicyclic amines) is 1. The number of aliphatic imine (C=N–C) groups is 1. The van der Waals surface area contributed by atoms with Crippen molar-refractivity contribution in [2.45, 2.75) is 45.3 Å². The number of guanidine groups is 1. The monoisotopic (exact) mass is 374 g/mol. The molecular formula is C20H30N4O3. The standard InChI is InChI=1S/C20H30N4O3/c1-14-12-24(13-17(14)19(25)26-3)20(21-2)23-11-15-8-9-18(22-10-15)27-16-6-4-5-7-16/h8-10,14,16-17H,4-7,11-13H2,1-3H3,(H,21,23). The maximum Gasteiger partial charge on any atom is 0.310 e. The van der Waals surface area contributed by atoms with Crippen molar-refractivity contribution in [1.82, 2.24) is 15.2 Å². The SMILES string of the molecule is CN=C(NCc1ccc(OC2CCCC2)nc1)N1CC(C)C(C(=O)OC)C1. The van der Waals surface area contributed by atoms with Gasteiger partial charge in [0.05, 0.1) is 13.0 Å². The topological polar surface area (TPSA) is 76.1 Å². The van der Waals surface area contributed by atoms with Gasteiger partial charge in [-0.1, -0.05) is 13.0 Å². The molecule has 2 aliphatic rings. The van der Waals surface area contributed by atoms with Crippen molar-refractivity contribution in [1.29, 1.82) is 0 Å². The minimum atomic E-state index is -0.150. The number of rotatable bonds is 5. The molecule has 1 aromatic rings. The quantitative estimate of drug-likeness (QED) is 0.484. The smallest absolute Gasteiger partial charge is 0.310 e. The summed E-state index contributed by atoms with van der Waals surface area (Å²) in [6, 6.07) is 3.96. The van der Waals surface area contributed by atoms with Crippen LogP contribution in [0, 0.1) is 11.8 Å². The molecule has 148 valence electrons. The average molecular weight is 374 g/mol. The molecule has 1 saturated carbocycles. The van der Waals surface area contributed by atoms with Crippen LogP contribution in [0.3, 0.4) is 0 Å². The molecule has 27 heavy (non-hydrogen) atoms. The van der Waals surface area contributed by atoms with E-state index in [-0.39, 0.29) is 17.8 Å². The Labute approximate surface area is 161 Å². The summed E-state index contributed by atoms with van der Waals surface area (Å²) in [5.41, 5.74) is 1.06. The van der Waals surface area contributed by atoms with Crippen LogP contribution in [0.4, 0.5) is 0 Å². The molecule has 0 bridgehead atoms. The van der Waals surface area contributed by atoms with Crippen LogP contribution in [0.5, 0.6) is 5.88 Å². The fraction of sp³-hybridized carbons (Fsp3) is 0.650. The lowest BCUT2D eigenvalue weighted by molar-refractivity contribution is -0.145. The summed E-state index contributed by atoms with van der Waals surface area (Å²) >= 11 is 0. The summed E-state index contributed by atoms with van der Waals surface area (Å²) in [7, 11) is 3.20. The van der Waals surface area contributed by atoms with Gasteiger partial charge >= 0.3 is 5.97 Å². The van der Waals surface area contributed by atoms with E-state index in [0.29, 0.717) is 25.1 Å². The molecule has 0 amide bonds. The largest absolute Gasteiger partial charge is 0.474 e. The third kappa shape index (κ3) is 4.90. The number of methoxy groups -OCH3 is 1. The number of ether oxygens (including phenoxy) is 2. The Balaban J connectivity index is 1.51. The number of carbonyl (C=O) groups excluding carboxylic acids is 1. The first kappa shape index (κ1) is 19.5. The van der Waals surface area contributed by atoms with E-state index in [1.165, 1.54) is 20.0 Å². The fourth-order valence-corrected chi connectivity index (χ4v) is 3.87. The molecule has 0 radical (unpaired) electrons. The Hall–Kier alpha value is -2.31. The predicted octanol–water partition coefficient (Wildman–Crippen LogP) is 2.22. The fourth-order valence-electron chi connectivity index (χ4n) is 3.87. The molecule has 1 saturated heterocycles. The lowest BCUT2D eigenvalue weighted by Crippen LogP contribution is -2.40. The van der Waals surface area contributed by atoms with Crippen LogP contribution in [0.1, 0.15) is 38.2 Å². The number of nitrogens with zero attached hydrogens (tertiary/aromatic N) is 3. The highest BCUT2D eigenvalue weighted by molar-refractivity contribution is 5.82. The van der Waals surface area contributed by atoms with Crippen LogP contribution in [-0.4, -0.2) is 55.2 Å². The first-order chi connectivity index (χ1) is 13.1. The van der Waals surface area contributed by atoms with Gasteiger partial charge in [0.15, 0.2) is 5.96 Å². The van der Waals surface area contributed by atoms with Crippen molar-refractivity contribution in [3.05, 3.63) is 23.9 Å². The van der Waals surface area contributed by atoms with Crippen molar-refractivity contribution >= 4 is 11.9 Å². The van der Waals surface area contributed by atoms with Gasteiger partial charge in [-0.2, -0.15) is 0 Å². The lowest BCUT2D eigenvalue weighted by Gasteiger charge is -2.21. The molecule has 3 rings (SSSR count). The normalized spacial score (nSPS) is 23.5. The van der Waals surface area contributed by atoms with Crippen molar-refractivity contribution in [3.8, 4) is 5.88 Å². The van der Waals surface area contributed by atoms with Crippen LogP contribution < -0.4 is 10.1 Å². The molecule has 2 heterocycles. The minimum Gasteiger partial charge on any atom is -0.474 e. The number of nitrogens with one attached hydrogen (secondary N) is 1. The summed E-state index contributed by atoms with van der Waals surface area (Å²) in [5.74, 6) is 1.47. The van der Waals surface area contributed by atoms with Crippen molar-refractivity contribution in [2.75, 3.05) is 27.2 Å². The Morgan fingerprint density at radius 2 is 2.11 bits per heavy atom. The highest BCUT2D eigenvalue weighted by Gasteiger charge is 2.36. The number of hydrogen-bond donors (Lipinski definition) is 1. The minimum absolute atomic E-state index is 0.109. The number of pyridine rings is 1. The van der Waals surface area contributed by atoms with Gasteiger partial charge in [-0.05, 0) is 37.2 Å². The molecule has 1 N–H and O–H groups in total. The summed E-state index contributed by atoms with van der Waals surface area (Å²) in [6.07, 6.45) is 6.91. The maximum atomic E-state index is 11.9. The molecule has 7 nitrogen and oxygen atoms in total. The van der Waals surface area contributed by atoms with Crippen LogP contribution in [0.15, 0.2) is 23.3 Å². The average Bonchev–Trinajstić information content (AvgIpc) is 3.33. The van der Waals surface area contributed by atoms with E-state index < -0.39 is 0 Å². The van der Waals surface area contributed by atoms with E-state index in [2.05, 4.69) is 27.1 Å². The molecule has 2 unspecified atom stereocenters. The molecular weight excluding hydrogens is 344 g/mol. The number of esters is 1. The van der Waals surface area contributed by atoms with Gasteiger partial charge in [0.25, 0.3) is 0 Å². The van der Waals surface area contributed by atoms with Gasteiger partial charge in [-0.25, -0.2) is 4.98 Å². The summed E-state index contributed by atoms with van der Waals surface area (Å²) in [6.45, 7) is 4.10.